The highest BCUT2D eigenvalue weighted by Crippen LogP contribution is 2.26. The Labute approximate surface area is 201 Å². The Morgan fingerprint density at radius 1 is 1.18 bits per heavy atom. The van der Waals surface area contributed by atoms with Crippen LogP contribution in [0.1, 0.15) is 18.4 Å². The number of aromatic nitrogens is 1. The van der Waals surface area contributed by atoms with Gasteiger partial charge < -0.3 is 25.8 Å². The Hall–Kier alpha value is -3.46. The molecule has 2 saturated heterocycles. The van der Waals surface area contributed by atoms with Crippen molar-refractivity contribution in [3.8, 4) is 0 Å². The molecule has 4 N–H and O–H groups in total. The van der Waals surface area contributed by atoms with Gasteiger partial charge in [0.2, 0.25) is 11.8 Å². The molecule has 2 aliphatic rings. The van der Waals surface area contributed by atoms with Crippen LogP contribution in [0.25, 0.3) is 10.9 Å². The van der Waals surface area contributed by atoms with Gasteiger partial charge in [-0.2, -0.15) is 0 Å². The van der Waals surface area contributed by atoms with Crippen molar-refractivity contribution in [1.82, 2.24) is 20.5 Å². The van der Waals surface area contributed by atoms with Crippen molar-refractivity contribution < 1.29 is 14.4 Å². The maximum absolute atomic E-state index is 13.2. The van der Waals surface area contributed by atoms with Gasteiger partial charge in [-0.1, -0.05) is 24.3 Å². The number of piperazine rings is 1. The van der Waals surface area contributed by atoms with Gasteiger partial charge in [0, 0.05) is 46.7 Å². The van der Waals surface area contributed by atoms with Crippen LogP contribution in [0.15, 0.2) is 59.6 Å². The van der Waals surface area contributed by atoms with Crippen molar-refractivity contribution in [2.45, 2.75) is 42.3 Å². The Morgan fingerprint density at radius 3 is 2.88 bits per heavy atom. The molecule has 0 unspecified atom stereocenters. The minimum atomic E-state index is -0.584. The second-order valence-electron chi connectivity index (χ2n) is 8.72. The molecule has 0 aliphatic carbocycles. The van der Waals surface area contributed by atoms with E-state index in [0.29, 0.717) is 31.5 Å². The zero-order valence-corrected chi connectivity index (χ0v) is 19.7. The first-order valence-corrected chi connectivity index (χ1v) is 12.6. The number of amides is 4. The van der Waals surface area contributed by atoms with E-state index in [1.54, 1.807) is 16.7 Å². The van der Waals surface area contributed by atoms with Gasteiger partial charge in [-0.25, -0.2) is 4.79 Å². The normalized spacial score (nSPS) is 22.3. The standard InChI is InChI=1S/C25H27N5O3S/c1-34-18-6-4-5-16(12-18)27-25(33)28-17-9-10-30-22(13-17)23(31)29-21(24(30)32)11-15-14-26-20-8-3-2-7-19(15)20/h2-8,12,14,17,21-22,26H,9-11,13H2,1H3,(H,29,31)(H2,27,28,33)/t17-,21+,22-/m0/s1. The lowest BCUT2D eigenvalue weighted by Gasteiger charge is -2.44. The van der Waals surface area contributed by atoms with E-state index >= 15 is 0 Å². The van der Waals surface area contributed by atoms with Crippen LogP contribution in [-0.2, 0) is 16.0 Å². The summed E-state index contributed by atoms with van der Waals surface area (Å²) < 4.78 is 0. The first-order valence-electron chi connectivity index (χ1n) is 11.4. The number of benzene rings is 2. The molecule has 34 heavy (non-hydrogen) atoms. The molecular formula is C25H27N5O3S. The van der Waals surface area contributed by atoms with Crippen molar-refractivity contribution in [3.05, 3.63) is 60.3 Å². The predicted octanol–water partition coefficient (Wildman–Crippen LogP) is 3.11. The molecule has 1 aromatic heterocycles. The zero-order chi connectivity index (χ0) is 23.7. The van der Waals surface area contributed by atoms with Crippen LogP contribution in [-0.4, -0.2) is 58.7 Å². The van der Waals surface area contributed by atoms with Gasteiger partial charge in [0.15, 0.2) is 0 Å². The van der Waals surface area contributed by atoms with E-state index in [2.05, 4.69) is 20.9 Å². The molecule has 8 nitrogen and oxygen atoms in total. The topological polar surface area (TPSA) is 106 Å². The number of nitrogens with zero attached hydrogens (tertiary/aromatic N) is 1. The van der Waals surface area contributed by atoms with Gasteiger partial charge in [-0.3, -0.25) is 9.59 Å². The number of H-pyrrole nitrogens is 1. The summed E-state index contributed by atoms with van der Waals surface area (Å²) >= 11 is 1.60. The fourth-order valence-corrected chi connectivity index (χ4v) is 5.31. The van der Waals surface area contributed by atoms with Crippen molar-refractivity contribution in [3.63, 3.8) is 0 Å². The lowest BCUT2D eigenvalue weighted by atomic mass is 9.91. The summed E-state index contributed by atoms with van der Waals surface area (Å²) in [5, 5.41) is 9.80. The Morgan fingerprint density at radius 2 is 2.03 bits per heavy atom. The van der Waals surface area contributed by atoms with Crippen molar-refractivity contribution in [2.24, 2.45) is 0 Å². The highest BCUT2D eigenvalue weighted by molar-refractivity contribution is 7.98. The summed E-state index contributed by atoms with van der Waals surface area (Å²) in [6.07, 6.45) is 5.33. The minimum Gasteiger partial charge on any atom is -0.361 e. The number of rotatable bonds is 5. The summed E-state index contributed by atoms with van der Waals surface area (Å²) in [4.78, 5) is 44.6. The van der Waals surface area contributed by atoms with Crippen molar-refractivity contribution in [1.29, 1.82) is 0 Å². The molecule has 2 aromatic carbocycles. The average Bonchev–Trinajstić information content (AvgIpc) is 3.25. The van der Waals surface area contributed by atoms with Crippen LogP contribution in [0, 0.1) is 0 Å². The lowest BCUT2D eigenvalue weighted by molar-refractivity contribution is -0.151. The molecule has 2 fully saturated rings. The molecule has 3 atom stereocenters. The molecule has 3 heterocycles. The van der Waals surface area contributed by atoms with E-state index in [-0.39, 0.29) is 23.9 Å². The SMILES string of the molecule is CSc1cccc(NC(=O)N[C@H]2CCN3C(=O)[C@@H](Cc4c[nH]c5ccccc45)NC(=O)[C@@H]3C2)c1. The number of piperidine rings is 1. The highest BCUT2D eigenvalue weighted by atomic mass is 32.2. The van der Waals surface area contributed by atoms with E-state index in [0.717, 1.165) is 21.4 Å². The number of carbonyl (C=O) groups excluding carboxylic acids is 3. The van der Waals surface area contributed by atoms with Gasteiger partial charge >= 0.3 is 6.03 Å². The number of thioether (sulfide) groups is 1. The summed E-state index contributed by atoms with van der Waals surface area (Å²) in [7, 11) is 0. The molecule has 3 aromatic rings. The van der Waals surface area contributed by atoms with Crippen LogP contribution < -0.4 is 16.0 Å². The number of fused-ring (bicyclic) bond motifs is 2. The van der Waals surface area contributed by atoms with E-state index in [1.807, 2.05) is 61.0 Å². The van der Waals surface area contributed by atoms with Gasteiger partial charge in [0.1, 0.15) is 12.1 Å². The number of nitrogens with one attached hydrogen (secondary N) is 4. The van der Waals surface area contributed by atoms with Gasteiger partial charge in [0.25, 0.3) is 0 Å². The van der Waals surface area contributed by atoms with Crippen molar-refractivity contribution >= 4 is 46.2 Å². The first-order chi connectivity index (χ1) is 16.5. The third-order valence-corrected chi connectivity index (χ3v) is 7.29. The molecule has 2 aliphatic heterocycles. The van der Waals surface area contributed by atoms with Crippen LogP contribution in [0.4, 0.5) is 10.5 Å². The number of aromatic amines is 1. The number of urea groups is 1. The van der Waals surface area contributed by atoms with E-state index in [9.17, 15) is 14.4 Å². The van der Waals surface area contributed by atoms with Crippen LogP contribution in [0.5, 0.6) is 0 Å². The number of para-hydroxylation sites is 1. The Kier molecular flexibility index (Phi) is 6.19. The Balaban J connectivity index is 1.20. The molecule has 4 amide bonds. The summed E-state index contributed by atoms with van der Waals surface area (Å²) in [5.41, 5.74) is 2.73. The van der Waals surface area contributed by atoms with Crippen molar-refractivity contribution in [2.75, 3.05) is 18.1 Å². The third kappa shape index (κ3) is 4.48. The first kappa shape index (κ1) is 22.3. The molecule has 9 heteroatoms. The van der Waals surface area contributed by atoms with E-state index < -0.39 is 12.1 Å². The summed E-state index contributed by atoms with van der Waals surface area (Å²) in [5.74, 6) is -0.226. The number of carbonyl (C=O) groups is 3. The monoisotopic (exact) mass is 477 g/mol. The molecule has 0 saturated carbocycles. The second kappa shape index (κ2) is 9.42. The predicted molar refractivity (Wildman–Crippen MR) is 133 cm³/mol. The maximum atomic E-state index is 13.2. The molecule has 176 valence electrons. The minimum absolute atomic E-state index is 0.0633. The summed E-state index contributed by atoms with van der Waals surface area (Å²) in [6, 6.07) is 13.9. The number of hydrogen-bond acceptors (Lipinski definition) is 4. The zero-order valence-electron chi connectivity index (χ0n) is 18.8. The van der Waals surface area contributed by atoms with Crippen LogP contribution >= 0.6 is 11.8 Å². The van der Waals surface area contributed by atoms with Gasteiger partial charge in [-0.05, 0) is 48.9 Å². The highest BCUT2D eigenvalue weighted by Gasteiger charge is 2.44. The fourth-order valence-electron chi connectivity index (χ4n) is 4.85. The van der Waals surface area contributed by atoms with Crippen LogP contribution in [0.3, 0.4) is 0 Å². The third-order valence-electron chi connectivity index (χ3n) is 6.56. The van der Waals surface area contributed by atoms with Gasteiger partial charge in [-0.15, -0.1) is 11.8 Å². The molecule has 0 spiro atoms. The largest absolute Gasteiger partial charge is 0.361 e. The molecule has 0 bridgehead atoms. The second-order valence-corrected chi connectivity index (χ2v) is 9.60. The smallest absolute Gasteiger partial charge is 0.319 e. The Bertz CT molecular complexity index is 1240. The summed E-state index contributed by atoms with van der Waals surface area (Å²) in [6.45, 7) is 0.439. The van der Waals surface area contributed by atoms with Crippen LogP contribution in [0.2, 0.25) is 0 Å². The van der Waals surface area contributed by atoms with E-state index in [1.165, 1.54) is 0 Å². The molecule has 5 rings (SSSR count). The maximum Gasteiger partial charge on any atom is 0.319 e. The van der Waals surface area contributed by atoms with E-state index in [4.69, 9.17) is 0 Å². The lowest BCUT2D eigenvalue weighted by Crippen LogP contribution is -2.67. The quantitative estimate of drug-likeness (QED) is 0.424. The number of anilines is 1. The van der Waals surface area contributed by atoms with Gasteiger partial charge in [0.05, 0.1) is 0 Å². The average molecular weight is 478 g/mol. The fraction of sp³-hybridized carbons (Fsp3) is 0.320. The number of hydrogen-bond donors (Lipinski definition) is 4. The molecule has 0 radical (unpaired) electrons. The molecular weight excluding hydrogens is 450 g/mol.